The summed E-state index contributed by atoms with van der Waals surface area (Å²) in [6, 6.07) is 18.9. The van der Waals surface area contributed by atoms with E-state index in [9.17, 15) is 8.42 Å². The Kier molecular flexibility index (Phi) is 12.3. The Labute approximate surface area is 290 Å². The average molecular weight is 678 g/mol. The van der Waals surface area contributed by atoms with Gasteiger partial charge in [-0.15, -0.1) is 6.58 Å². The van der Waals surface area contributed by atoms with Crippen molar-refractivity contribution in [3.63, 3.8) is 0 Å². The third-order valence-corrected chi connectivity index (χ3v) is 12.7. The van der Waals surface area contributed by atoms with Gasteiger partial charge in [0.2, 0.25) is 0 Å². The summed E-state index contributed by atoms with van der Waals surface area (Å²) in [6.07, 6.45) is 3.21. The van der Waals surface area contributed by atoms with Crippen LogP contribution in [0.1, 0.15) is 23.1 Å². The van der Waals surface area contributed by atoms with Crippen LogP contribution in [0.2, 0.25) is 0 Å². The van der Waals surface area contributed by atoms with Gasteiger partial charge >= 0.3 is 0 Å². The summed E-state index contributed by atoms with van der Waals surface area (Å²) < 4.78 is 23.8. The van der Waals surface area contributed by atoms with Crippen LogP contribution in [0, 0.1) is 5.92 Å². The maximum absolute atomic E-state index is 11.9. The second-order valence-corrected chi connectivity index (χ2v) is 17.2. The molecule has 10 heteroatoms. The van der Waals surface area contributed by atoms with Crippen molar-refractivity contribution in [1.82, 2.24) is 29.4 Å². The number of benzene rings is 2. The van der Waals surface area contributed by atoms with Crippen LogP contribution in [0.3, 0.4) is 0 Å². The molecule has 4 saturated heterocycles. The second-order valence-electron chi connectivity index (χ2n) is 14.9. The molecular formula is C38H59N7O2S. The Morgan fingerprint density at radius 3 is 1.88 bits per heavy atom. The molecule has 4 aliphatic rings. The predicted octanol–water partition coefficient (Wildman–Crippen LogP) is 2.79. The van der Waals surface area contributed by atoms with Gasteiger partial charge in [0.25, 0.3) is 0 Å². The van der Waals surface area contributed by atoms with Crippen molar-refractivity contribution in [2.24, 2.45) is 5.92 Å². The predicted molar refractivity (Wildman–Crippen MR) is 198 cm³/mol. The van der Waals surface area contributed by atoms with E-state index in [4.69, 9.17) is 0 Å². The maximum atomic E-state index is 11.9. The second kappa shape index (κ2) is 16.6. The molecule has 4 heterocycles. The van der Waals surface area contributed by atoms with E-state index in [1.807, 2.05) is 6.08 Å². The molecule has 2 aromatic carbocycles. The van der Waals surface area contributed by atoms with Crippen LogP contribution in [-0.2, 0) is 29.5 Å². The van der Waals surface area contributed by atoms with Crippen LogP contribution < -0.4 is 4.90 Å². The van der Waals surface area contributed by atoms with E-state index in [0.717, 1.165) is 104 Å². The molecule has 0 amide bonds. The fraction of sp³-hybridized carbons (Fsp3) is 0.632. The molecule has 264 valence electrons. The Morgan fingerprint density at radius 1 is 0.646 bits per heavy atom. The van der Waals surface area contributed by atoms with E-state index in [0.29, 0.717) is 25.0 Å². The van der Waals surface area contributed by atoms with Crippen LogP contribution >= 0.6 is 0 Å². The molecule has 2 unspecified atom stereocenters. The zero-order valence-electron chi connectivity index (χ0n) is 29.6. The molecule has 6 rings (SSSR count). The van der Waals surface area contributed by atoms with Crippen molar-refractivity contribution < 1.29 is 8.42 Å². The quantitative estimate of drug-likeness (QED) is 0.354. The first kappa shape index (κ1) is 35.5. The fourth-order valence-electron chi connectivity index (χ4n) is 8.15. The molecule has 0 radical (unpaired) electrons. The number of anilines is 1. The molecule has 0 aliphatic carbocycles. The first-order valence-electron chi connectivity index (χ1n) is 18.2. The lowest BCUT2D eigenvalue weighted by atomic mass is 9.95. The largest absolute Gasteiger partial charge is 0.369 e. The summed E-state index contributed by atoms with van der Waals surface area (Å²) in [7, 11) is 1.72. The van der Waals surface area contributed by atoms with Gasteiger partial charge in [-0.3, -0.25) is 19.6 Å². The Balaban J connectivity index is 1.07. The van der Waals surface area contributed by atoms with Gasteiger partial charge in [-0.05, 0) is 55.9 Å². The molecular weight excluding hydrogens is 619 g/mol. The highest BCUT2D eigenvalue weighted by atomic mass is 32.2. The van der Waals surface area contributed by atoms with Gasteiger partial charge < -0.3 is 14.7 Å². The number of sulfone groups is 1. The lowest BCUT2D eigenvalue weighted by Gasteiger charge is -2.39. The number of nitrogens with zero attached hydrogens (tertiary/aromatic N) is 7. The standard InChI is InChI=1S/C38H59N7O2S/c1-4-14-41-19-21-42(22-20-41)27-33-6-8-34(9-7-33)28-43-18-17-40(3)30-36(31-43)38-32-39(2)15-5-16-45(38)29-35-10-12-37(13-11-35)44-23-25-48(46,47)26-24-44/h4,6-13,36,38H,1,5,14-32H2,2-3H3. The molecule has 0 saturated carbocycles. The summed E-state index contributed by atoms with van der Waals surface area (Å²) in [5.74, 6) is 1.07. The van der Waals surface area contributed by atoms with Crippen LogP contribution in [-0.4, -0.2) is 161 Å². The SMILES string of the molecule is C=CCN1CCN(Cc2ccc(CN3CCN(C)CC(C4CN(C)CCCN4Cc4ccc(N5CCS(=O)(=O)CC5)cc4)C3)cc2)CC1. The zero-order valence-corrected chi connectivity index (χ0v) is 30.4. The molecule has 0 spiro atoms. The molecule has 48 heavy (non-hydrogen) atoms. The zero-order chi connectivity index (χ0) is 33.5. The minimum atomic E-state index is -2.88. The summed E-state index contributed by atoms with van der Waals surface area (Å²) in [5, 5.41) is 0. The summed E-state index contributed by atoms with van der Waals surface area (Å²) in [6.45, 7) is 21.4. The minimum absolute atomic E-state index is 0.255. The van der Waals surface area contributed by atoms with Gasteiger partial charge in [0, 0.05) is 122 Å². The van der Waals surface area contributed by atoms with Gasteiger partial charge in [-0.25, -0.2) is 8.42 Å². The Morgan fingerprint density at radius 2 is 1.21 bits per heavy atom. The normalized spacial score (nSPS) is 26.2. The van der Waals surface area contributed by atoms with E-state index in [2.05, 4.69) is 104 Å². The van der Waals surface area contributed by atoms with E-state index in [-0.39, 0.29) is 11.5 Å². The van der Waals surface area contributed by atoms with Crippen molar-refractivity contribution in [1.29, 1.82) is 0 Å². The molecule has 0 aromatic heterocycles. The van der Waals surface area contributed by atoms with Crippen LogP contribution in [0.5, 0.6) is 0 Å². The fourth-order valence-corrected chi connectivity index (χ4v) is 9.35. The number of hydrogen-bond donors (Lipinski definition) is 0. The number of piperazine rings is 1. The Hall–Kier alpha value is -2.31. The Bertz CT molecular complexity index is 1400. The lowest BCUT2D eigenvalue weighted by molar-refractivity contribution is 0.0958. The summed E-state index contributed by atoms with van der Waals surface area (Å²) in [5.41, 5.74) is 5.31. The lowest BCUT2D eigenvalue weighted by Crippen LogP contribution is -2.50. The highest BCUT2D eigenvalue weighted by molar-refractivity contribution is 7.91. The molecule has 0 bridgehead atoms. The number of likely N-dealkylation sites (N-methyl/N-ethyl adjacent to an activating group) is 2. The average Bonchev–Trinajstić information content (AvgIpc) is 3.38. The van der Waals surface area contributed by atoms with E-state index in [1.54, 1.807) is 0 Å². The molecule has 9 nitrogen and oxygen atoms in total. The van der Waals surface area contributed by atoms with Gasteiger partial charge in [0.05, 0.1) is 11.5 Å². The third-order valence-electron chi connectivity index (χ3n) is 11.1. The van der Waals surface area contributed by atoms with Crippen molar-refractivity contribution >= 4 is 15.5 Å². The van der Waals surface area contributed by atoms with Gasteiger partial charge in [-0.2, -0.15) is 0 Å². The van der Waals surface area contributed by atoms with Gasteiger partial charge in [0.1, 0.15) is 0 Å². The summed E-state index contributed by atoms with van der Waals surface area (Å²) >= 11 is 0. The smallest absolute Gasteiger partial charge is 0.153 e. The van der Waals surface area contributed by atoms with Crippen LogP contribution in [0.25, 0.3) is 0 Å². The van der Waals surface area contributed by atoms with Crippen molar-refractivity contribution in [2.75, 3.05) is 122 Å². The first-order valence-corrected chi connectivity index (χ1v) is 20.1. The molecule has 4 fully saturated rings. The molecule has 2 atom stereocenters. The maximum Gasteiger partial charge on any atom is 0.153 e. The monoisotopic (exact) mass is 677 g/mol. The third kappa shape index (κ3) is 9.90. The minimum Gasteiger partial charge on any atom is -0.369 e. The van der Waals surface area contributed by atoms with E-state index >= 15 is 0 Å². The van der Waals surface area contributed by atoms with Crippen molar-refractivity contribution in [3.05, 3.63) is 77.9 Å². The van der Waals surface area contributed by atoms with Crippen molar-refractivity contribution in [3.8, 4) is 0 Å². The van der Waals surface area contributed by atoms with Crippen LogP contribution in [0.15, 0.2) is 61.2 Å². The molecule has 4 aliphatic heterocycles. The summed E-state index contributed by atoms with van der Waals surface area (Å²) in [4.78, 5) is 17.8. The highest BCUT2D eigenvalue weighted by Crippen LogP contribution is 2.25. The van der Waals surface area contributed by atoms with Gasteiger partial charge in [-0.1, -0.05) is 42.5 Å². The topological polar surface area (TPSA) is 56.8 Å². The number of hydrogen-bond acceptors (Lipinski definition) is 9. The molecule has 2 aromatic rings. The van der Waals surface area contributed by atoms with Crippen molar-refractivity contribution in [2.45, 2.75) is 32.1 Å². The highest BCUT2D eigenvalue weighted by Gasteiger charge is 2.34. The van der Waals surface area contributed by atoms with Crippen LogP contribution in [0.4, 0.5) is 5.69 Å². The van der Waals surface area contributed by atoms with E-state index < -0.39 is 9.84 Å². The van der Waals surface area contributed by atoms with E-state index in [1.165, 1.54) is 23.1 Å². The van der Waals surface area contributed by atoms with Gasteiger partial charge in [0.15, 0.2) is 9.84 Å². The number of rotatable bonds is 10. The first-order chi connectivity index (χ1) is 23.2. The molecule has 0 N–H and O–H groups in total.